The van der Waals surface area contributed by atoms with Crippen molar-refractivity contribution in [3.05, 3.63) is 0 Å². The topological polar surface area (TPSA) is 92.8 Å². The molecule has 0 aromatic rings. The lowest BCUT2D eigenvalue weighted by Gasteiger charge is -2.40. The van der Waals surface area contributed by atoms with Crippen molar-refractivity contribution >= 4 is 21.9 Å². The summed E-state index contributed by atoms with van der Waals surface area (Å²) in [6, 6.07) is 0.0859. The Balaban J connectivity index is 1.89. The van der Waals surface area contributed by atoms with Crippen LogP contribution in [0.5, 0.6) is 0 Å². The summed E-state index contributed by atoms with van der Waals surface area (Å²) >= 11 is 0. The fourth-order valence-corrected chi connectivity index (χ4v) is 4.39. The van der Waals surface area contributed by atoms with Gasteiger partial charge in [-0.3, -0.25) is 9.59 Å². The number of amides is 1. The summed E-state index contributed by atoms with van der Waals surface area (Å²) in [5, 5.41) is 2.92. The number of sulfonamides is 1. The molecule has 8 heteroatoms. The molecule has 2 fully saturated rings. The van der Waals surface area contributed by atoms with Crippen LogP contribution < -0.4 is 5.32 Å². The maximum Gasteiger partial charge on any atom is 0.306 e. The fraction of sp³-hybridized carbons (Fsp3) is 0.846. The average Bonchev–Trinajstić information content (AvgIpc) is 2.45. The Labute approximate surface area is 125 Å². The van der Waals surface area contributed by atoms with Crippen molar-refractivity contribution in [1.29, 1.82) is 0 Å². The first-order chi connectivity index (χ1) is 9.92. The van der Waals surface area contributed by atoms with Gasteiger partial charge in [0.2, 0.25) is 15.9 Å². The van der Waals surface area contributed by atoms with Crippen LogP contribution in [-0.2, 0) is 24.3 Å². The minimum absolute atomic E-state index is 0.0508. The molecule has 2 saturated heterocycles. The van der Waals surface area contributed by atoms with Gasteiger partial charge in [0.15, 0.2) is 0 Å². The van der Waals surface area contributed by atoms with Gasteiger partial charge in [-0.15, -0.1) is 0 Å². The van der Waals surface area contributed by atoms with E-state index in [1.807, 2.05) is 0 Å². The van der Waals surface area contributed by atoms with E-state index >= 15 is 0 Å². The van der Waals surface area contributed by atoms with E-state index in [-0.39, 0.29) is 36.6 Å². The molecule has 2 aliphatic heterocycles. The second-order valence-corrected chi connectivity index (χ2v) is 7.58. The predicted octanol–water partition coefficient (Wildman–Crippen LogP) is -0.130. The number of piperidine rings is 2. The van der Waals surface area contributed by atoms with Crippen LogP contribution in [-0.4, -0.2) is 56.1 Å². The third-order valence-corrected chi connectivity index (χ3v) is 5.89. The van der Waals surface area contributed by atoms with Gasteiger partial charge in [-0.2, -0.15) is 0 Å². The quantitative estimate of drug-likeness (QED) is 0.713. The maximum absolute atomic E-state index is 12.3. The van der Waals surface area contributed by atoms with Crippen LogP contribution in [0.4, 0.5) is 0 Å². The zero-order valence-electron chi connectivity index (χ0n) is 12.2. The van der Waals surface area contributed by atoms with Crippen molar-refractivity contribution < 1.29 is 22.7 Å². The first-order valence-corrected chi connectivity index (χ1v) is 8.96. The van der Waals surface area contributed by atoms with Crippen molar-refractivity contribution in [2.45, 2.75) is 38.6 Å². The zero-order valence-corrected chi connectivity index (χ0v) is 13.0. The minimum atomic E-state index is -3.44. The Morgan fingerprint density at radius 1 is 1.43 bits per heavy atom. The third kappa shape index (κ3) is 4.16. The van der Waals surface area contributed by atoms with Crippen LogP contribution in [0.25, 0.3) is 0 Å². The fourth-order valence-electron chi connectivity index (χ4n) is 2.90. The first-order valence-electron chi connectivity index (χ1n) is 7.35. The van der Waals surface area contributed by atoms with Gasteiger partial charge < -0.3 is 10.1 Å². The summed E-state index contributed by atoms with van der Waals surface area (Å²) in [5.74, 6) is -0.472. The highest BCUT2D eigenvalue weighted by atomic mass is 32.2. The normalized spacial score (nSPS) is 26.8. The second-order valence-electron chi connectivity index (χ2n) is 5.49. The monoisotopic (exact) mass is 318 g/mol. The summed E-state index contributed by atoms with van der Waals surface area (Å²) in [6.45, 7) is 2.77. The lowest BCUT2D eigenvalue weighted by molar-refractivity contribution is -0.142. The highest BCUT2D eigenvalue weighted by Gasteiger charge is 2.37. The van der Waals surface area contributed by atoms with Gasteiger partial charge in [-0.25, -0.2) is 12.7 Å². The lowest BCUT2D eigenvalue weighted by Crippen LogP contribution is -2.55. The molecular formula is C13H22N2O5S. The summed E-state index contributed by atoms with van der Waals surface area (Å²) in [7, 11) is -3.44. The Hall–Kier alpha value is -1.15. The van der Waals surface area contributed by atoms with Crippen LogP contribution in [0.3, 0.4) is 0 Å². The minimum Gasteiger partial charge on any atom is -0.466 e. The number of fused-ring (bicyclic) bond motifs is 1. The van der Waals surface area contributed by atoms with Crippen LogP contribution >= 0.6 is 0 Å². The molecule has 0 aliphatic carbocycles. The second kappa shape index (κ2) is 6.74. The largest absolute Gasteiger partial charge is 0.466 e. The predicted molar refractivity (Wildman–Crippen MR) is 75.9 cm³/mol. The molecule has 1 amide bonds. The Bertz CT molecular complexity index is 505. The number of hydrogen-bond donors (Lipinski definition) is 1. The molecular weight excluding hydrogens is 296 g/mol. The molecule has 0 radical (unpaired) electrons. The smallest absolute Gasteiger partial charge is 0.306 e. The van der Waals surface area contributed by atoms with E-state index in [2.05, 4.69) is 5.32 Å². The van der Waals surface area contributed by atoms with Crippen molar-refractivity contribution in [3.63, 3.8) is 0 Å². The average molecular weight is 318 g/mol. The Kier molecular flexibility index (Phi) is 5.21. The molecule has 1 N–H and O–H groups in total. The molecule has 0 saturated carbocycles. The van der Waals surface area contributed by atoms with E-state index in [4.69, 9.17) is 4.74 Å². The number of carbonyl (C=O) groups is 2. The van der Waals surface area contributed by atoms with E-state index in [9.17, 15) is 18.0 Å². The number of carbonyl (C=O) groups excluding carboxylic acids is 2. The Morgan fingerprint density at radius 2 is 2.19 bits per heavy atom. The molecule has 0 aromatic heterocycles. The standard InChI is InChI=1S/C13H22N2O5S/c1-2-20-13(17)6-8-21(18,19)15-7-5-11-10(9-15)3-4-12(16)14-11/h10-11H,2-9H2,1H3,(H,14,16). The van der Waals surface area contributed by atoms with E-state index < -0.39 is 16.0 Å². The summed E-state index contributed by atoms with van der Waals surface area (Å²) in [4.78, 5) is 22.6. The first kappa shape index (κ1) is 16.2. The molecule has 21 heavy (non-hydrogen) atoms. The molecule has 120 valence electrons. The molecule has 7 nitrogen and oxygen atoms in total. The van der Waals surface area contributed by atoms with Crippen LogP contribution in [0.15, 0.2) is 0 Å². The van der Waals surface area contributed by atoms with E-state index in [1.165, 1.54) is 4.31 Å². The molecule has 0 bridgehead atoms. The van der Waals surface area contributed by atoms with Crippen molar-refractivity contribution in [2.24, 2.45) is 5.92 Å². The Morgan fingerprint density at radius 3 is 2.90 bits per heavy atom. The van der Waals surface area contributed by atoms with Crippen molar-refractivity contribution in [3.8, 4) is 0 Å². The molecule has 2 heterocycles. The lowest BCUT2D eigenvalue weighted by atomic mass is 9.86. The number of esters is 1. The summed E-state index contributed by atoms with van der Waals surface area (Å²) < 4.78 is 30.7. The van der Waals surface area contributed by atoms with E-state index in [1.54, 1.807) is 6.92 Å². The van der Waals surface area contributed by atoms with Gasteiger partial charge in [0, 0.05) is 25.6 Å². The van der Waals surface area contributed by atoms with Gasteiger partial charge in [0.1, 0.15) is 0 Å². The molecule has 2 aliphatic rings. The van der Waals surface area contributed by atoms with Crippen LogP contribution in [0.2, 0.25) is 0 Å². The van der Waals surface area contributed by atoms with Gasteiger partial charge >= 0.3 is 5.97 Å². The molecule has 0 aromatic carbocycles. The third-order valence-electron chi connectivity index (χ3n) is 4.05. The number of nitrogens with zero attached hydrogens (tertiary/aromatic N) is 1. The van der Waals surface area contributed by atoms with Gasteiger partial charge in [-0.05, 0) is 25.7 Å². The highest BCUT2D eigenvalue weighted by molar-refractivity contribution is 7.89. The number of ether oxygens (including phenoxy) is 1. The maximum atomic E-state index is 12.3. The SMILES string of the molecule is CCOC(=O)CCS(=O)(=O)N1CCC2NC(=O)CCC2C1. The molecule has 2 unspecified atom stereocenters. The van der Waals surface area contributed by atoms with Crippen molar-refractivity contribution in [1.82, 2.24) is 9.62 Å². The number of rotatable bonds is 5. The van der Waals surface area contributed by atoms with Crippen molar-refractivity contribution in [2.75, 3.05) is 25.4 Å². The van der Waals surface area contributed by atoms with Crippen LogP contribution in [0, 0.1) is 5.92 Å². The zero-order chi connectivity index (χ0) is 15.5. The van der Waals surface area contributed by atoms with Crippen LogP contribution in [0.1, 0.15) is 32.6 Å². The summed E-state index contributed by atoms with van der Waals surface area (Å²) in [5.41, 5.74) is 0. The molecule has 0 spiro atoms. The van der Waals surface area contributed by atoms with Gasteiger partial charge in [0.05, 0.1) is 18.8 Å². The molecule has 2 rings (SSSR count). The van der Waals surface area contributed by atoms with E-state index in [0.29, 0.717) is 25.9 Å². The molecule has 2 atom stereocenters. The highest BCUT2D eigenvalue weighted by Crippen LogP contribution is 2.27. The summed E-state index contributed by atoms with van der Waals surface area (Å²) in [6.07, 6.45) is 1.70. The van der Waals surface area contributed by atoms with Gasteiger partial charge in [0.25, 0.3) is 0 Å². The van der Waals surface area contributed by atoms with E-state index in [0.717, 1.165) is 6.42 Å². The number of hydrogen-bond acceptors (Lipinski definition) is 5. The number of nitrogens with one attached hydrogen (secondary N) is 1. The van der Waals surface area contributed by atoms with Gasteiger partial charge in [-0.1, -0.05) is 0 Å².